The lowest BCUT2D eigenvalue weighted by atomic mass is 9.90. The zero-order valence-corrected chi connectivity index (χ0v) is 33.2. The van der Waals surface area contributed by atoms with Gasteiger partial charge in [0.1, 0.15) is 18.5 Å². The molecule has 2 aliphatic heterocycles. The Kier molecular flexibility index (Phi) is 13.1. The van der Waals surface area contributed by atoms with Gasteiger partial charge in [-0.05, 0) is 107 Å². The van der Waals surface area contributed by atoms with E-state index in [1.54, 1.807) is 30.9 Å². The fourth-order valence-corrected chi connectivity index (χ4v) is 7.53. The third-order valence-corrected chi connectivity index (χ3v) is 10.8. The highest BCUT2D eigenvalue weighted by Crippen LogP contribution is 2.32. The van der Waals surface area contributed by atoms with E-state index in [4.69, 9.17) is 23.7 Å². The maximum Gasteiger partial charge on any atom is 0.254 e. The van der Waals surface area contributed by atoms with Gasteiger partial charge in [0.05, 0.1) is 37.7 Å². The zero-order chi connectivity index (χ0) is 39.7. The number of aromatic nitrogens is 2. The molecule has 0 spiro atoms. The maximum atomic E-state index is 13.6. The van der Waals surface area contributed by atoms with Crippen LogP contribution in [0, 0.1) is 42.4 Å². The Labute approximate surface area is 335 Å². The first-order valence-electron chi connectivity index (χ1n) is 20.0. The van der Waals surface area contributed by atoms with E-state index in [2.05, 4.69) is 34.0 Å². The minimum Gasteiger partial charge on any atom is -0.493 e. The quantitative estimate of drug-likeness (QED) is 0.158. The molecule has 4 aromatic rings. The summed E-state index contributed by atoms with van der Waals surface area (Å²) in [6, 6.07) is 22.8. The number of amides is 1. The predicted molar refractivity (Wildman–Crippen MR) is 219 cm³/mol. The third kappa shape index (κ3) is 10.5. The molecule has 3 unspecified atom stereocenters. The molecule has 10 nitrogen and oxygen atoms in total. The van der Waals surface area contributed by atoms with Crippen molar-refractivity contribution in [3.05, 3.63) is 106 Å². The number of aryl methyl sites for hydroxylation is 1. The Bertz CT molecular complexity index is 2220. The van der Waals surface area contributed by atoms with Gasteiger partial charge in [-0.3, -0.25) is 9.59 Å². The normalized spacial score (nSPS) is 20.9. The Morgan fingerprint density at radius 2 is 1.81 bits per heavy atom. The van der Waals surface area contributed by atoms with Gasteiger partial charge in [0, 0.05) is 59.8 Å². The van der Waals surface area contributed by atoms with Crippen LogP contribution in [0.2, 0.25) is 0 Å². The van der Waals surface area contributed by atoms with Crippen LogP contribution < -0.4 is 20.3 Å². The smallest absolute Gasteiger partial charge is 0.254 e. The second-order valence-electron chi connectivity index (χ2n) is 15.2. The molecule has 1 N–H and O–H groups in total. The average Bonchev–Trinajstić information content (AvgIpc) is 4.07. The van der Waals surface area contributed by atoms with E-state index in [1.807, 2.05) is 74.5 Å². The number of nitrogens with one attached hydrogen (secondary N) is 1. The maximum absolute atomic E-state index is 13.6. The third-order valence-electron chi connectivity index (χ3n) is 10.8. The molecular formula is C47H51N3O7. The average molecular weight is 770 g/mol. The van der Waals surface area contributed by atoms with Crippen LogP contribution in [0.25, 0.3) is 11.3 Å². The molecule has 2 saturated heterocycles. The molecule has 3 fully saturated rings. The van der Waals surface area contributed by atoms with Gasteiger partial charge in [0.2, 0.25) is 5.88 Å². The van der Waals surface area contributed by atoms with Gasteiger partial charge in [0.15, 0.2) is 0 Å². The summed E-state index contributed by atoms with van der Waals surface area (Å²) in [6.45, 7) is 5.37. The summed E-state index contributed by atoms with van der Waals surface area (Å²) in [4.78, 5) is 31.6. The van der Waals surface area contributed by atoms with Gasteiger partial charge >= 0.3 is 0 Å². The summed E-state index contributed by atoms with van der Waals surface area (Å²) in [5.41, 5.74) is 5.72. The summed E-state index contributed by atoms with van der Waals surface area (Å²) in [6.07, 6.45) is 5.24. The van der Waals surface area contributed by atoms with Gasteiger partial charge in [0.25, 0.3) is 11.5 Å². The van der Waals surface area contributed by atoms with Crippen LogP contribution in [-0.4, -0.2) is 67.8 Å². The van der Waals surface area contributed by atoms with Crippen LogP contribution in [0.5, 0.6) is 11.6 Å². The molecule has 1 aliphatic carbocycles. The second-order valence-corrected chi connectivity index (χ2v) is 15.2. The minimum absolute atomic E-state index is 0.115. The van der Waals surface area contributed by atoms with Crippen molar-refractivity contribution >= 4 is 11.6 Å². The Morgan fingerprint density at radius 3 is 2.58 bits per heavy atom. The number of methoxy groups -OCH3 is 2. The van der Waals surface area contributed by atoms with Crippen molar-refractivity contribution in [2.24, 2.45) is 11.8 Å². The van der Waals surface area contributed by atoms with E-state index >= 15 is 0 Å². The van der Waals surface area contributed by atoms with Gasteiger partial charge < -0.3 is 33.6 Å². The van der Waals surface area contributed by atoms with Crippen molar-refractivity contribution in [3.63, 3.8) is 0 Å². The van der Waals surface area contributed by atoms with Crippen molar-refractivity contribution in [2.45, 2.75) is 83.1 Å². The van der Waals surface area contributed by atoms with Gasteiger partial charge in [-0.1, -0.05) is 47.9 Å². The van der Waals surface area contributed by atoms with Crippen molar-refractivity contribution < 1.29 is 28.5 Å². The molecule has 3 aliphatic rings. The molecule has 7 rings (SSSR count). The van der Waals surface area contributed by atoms with E-state index in [0.717, 1.165) is 53.6 Å². The van der Waals surface area contributed by atoms with E-state index in [0.29, 0.717) is 55.2 Å². The number of hydrogen-bond acceptors (Lipinski definition) is 8. The summed E-state index contributed by atoms with van der Waals surface area (Å²) in [7, 11) is 3.18. The highest BCUT2D eigenvalue weighted by Gasteiger charge is 2.36. The first-order valence-corrected chi connectivity index (χ1v) is 20.0. The zero-order valence-electron chi connectivity index (χ0n) is 33.2. The molecule has 57 heavy (non-hydrogen) atoms. The largest absolute Gasteiger partial charge is 0.493 e. The molecule has 0 radical (unpaired) electrons. The number of rotatable bonds is 11. The lowest BCUT2D eigenvalue weighted by molar-refractivity contribution is -0.160. The monoisotopic (exact) mass is 769 g/mol. The molecular weight excluding hydrogens is 719 g/mol. The van der Waals surface area contributed by atoms with E-state index in [9.17, 15) is 9.59 Å². The predicted octanol–water partition coefficient (Wildman–Crippen LogP) is 7.35. The fraction of sp³-hybridized carbons (Fsp3) is 0.426. The standard InChI is InChI=1S/C47H51N3O7/c1-31-24-40(29-46(51)50(31)32(2)37-19-17-33(18-20-37)9-7-22-53-3)56-30-36-21-23-55-44(26-36)42-11-6-12-43(57-42)47(52)48-39-27-41(49-45(28-39)54-4)38-10-5-8-35(25-38)16-15-34-13-14-34/h5,8,10,17-20,24-25,27-29,32,34,36,42-44H,6,11-14,21-23,26,30H2,1-4H3,(H,48,49,52)/t32-,36?,42?,43-,44?/m0/s1. The van der Waals surface area contributed by atoms with Crippen LogP contribution in [0.4, 0.5) is 5.69 Å². The van der Waals surface area contributed by atoms with Gasteiger partial charge in [-0.15, -0.1) is 0 Å². The Balaban J connectivity index is 0.936. The molecule has 1 saturated carbocycles. The number of hydrogen-bond donors (Lipinski definition) is 1. The van der Waals surface area contributed by atoms with Crippen molar-refractivity contribution in [1.82, 2.24) is 9.55 Å². The Morgan fingerprint density at radius 1 is 0.965 bits per heavy atom. The van der Waals surface area contributed by atoms with Crippen LogP contribution >= 0.6 is 0 Å². The summed E-state index contributed by atoms with van der Waals surface area (Å²) in [5.74, 6) is 14.1. The van der Waals surface area contributed by atoms with Gasteiger partial charge in [-0.25, -0.2) is 4.98 Å². The number of benzene rings is 2. The second kappa shape index (κ2) is 18.7. The molecule has 2 aromatic heterocycles. The van der Waals surface area contributed by atoms with Crippen molar-refractivity contribution in [2.75, 3.05) is 39.4 Å². The van der Waals surface area contributed by atoms with Crippen LogP contribution in [-0.2, 0) is 19.0 Å². The number of carbonyl (C=O) groups is 1. The number of anilines is 1. The Hall–Kier alpha value is -5.39. The van der Waals surface area contributed by atoms with Crippen molar-refractivity contribution in [3.8, 4) is 46.6 Å². The molecule has 10 heteroatoms. The highest BCUT2D eigenvalue weighted by molar-refractivity contribution is 5.95. The summed E-state index contributed by atoms with van der Waals surface area (Å²) >= 11 is 0. The first kappa shape index (κ1) is 39.8. The molecule has 1 amide bonds. The number of nitrogens with zero attached hydrogens (tertiary/aromatic N) is 2. The number of carbonyl (C=O) groups excluding carboxylic acids is 1. The van der Waals surface area contributed by atoms with Crippen LogP contribution in [0.1, 0.15) is 80.3 Å². The van der Waals surface area contributed by atoms with E-state index < -0.39 is 6.10 Å². The molecule has 296 valence electrons. The van der Waals surface area contributed by atoms with Crippen molar-refractivity contribution in [1.29, 1.82) is 0 Å². The van der Waals surface area contributed by atoms with Crippen LogP contribution in [0.3, 0.4) is 0 Å². The fourth-order valence-electron chi connectivity index (χ4n) is 7.53. The number of ether oxygens (including phenoxy) is 5. The van der Waals surface area contributed by atoms with Gasteiger partial charge in [-0.2, -0.15) is 0 Å². The van der Waals surface area contributed by atoms with E-state index in [1.165, 1.54) is 12.8 Å². The SMILES string of the molecule is COCC#Cc1ccc([C@H](C)n2c(C)cc(OCC3CCOC(C4CCC[C@@H](C(=O)Nc5cc(OC)nc(-c6cccc(C#CC7CC7)c6)c5)O4)C3)cc2=O)cc1. The highest BCUT2D eigenvalue weighted by atomic mass is 16.6. The molecule has 4 heterocycles. The molecule has 5 atom stereocenters. The summed E-state index contributed by atoms with van der Waals surface area (Å²) in [5, 5.41) is 3.06. The minimum atomic E-state index is -0.614. The van der Waals surface area contributed by atoms with E-state index in [-0.39, 0.29) is 35.6 Å². The van der Waals surface area contributed by atoms with Crippen LogP contribution in [0.15, 0.2) is 77.6 Å². The topological polar surface area (TPSA) is 110 Å². The first-order chi connectivity index (χ1) is 27.8. The summed E-state index contributed by atoms with van der Waals surface area (Å²) < 4.78 is 31.2. The molecule has 0 bridgehead atoms. The number of pyridine rings is 2. The molecule has 2 aromatic carbocycles. The lowest BCUT2D eigenvalue weighted by Crippen LogP contribution is -2.45. The lowest BCUT2D eigenvalue weighted by Gasteiger charge is -2.38.